The lowest BCUT2D eigenvalue weighted by atomic mass is 9.48. The lowest BCUT2D eigenvalue weighted by molar-refractivity contribution is -0.0527. The van der Waals surface area contributed by atoms with Crippen LogP contribution in [0.3, 0.4) is 0 Å². The average Bonchev–Trinajstić information content (AvgIpc) is 2.72. The average molecular weight is 323 g/mol. The van der Waals surface area contributed by atoms with Crippen LogP contribution < -0.4 is 0 Å². The van der Waals surface area contributed by atoms with Gasteiger partial charge in [0.05, 0.1) is 10.7 Å². The highest BCUT2D eigenvalue weighted by atomic mass is 79.9. The normalized spacial score (nSPS) is 39.7. The first kappa shape index (κ1) is 12.2. The van der Waals surface area contributed by atoms with E-state index in [9.17, 15) is 4.79 Å². The summed E-state index contributed by atoms with van der Waals surface area (Å²) in [7, 11) is 0. The summed E-state index contributed by atoms with van der Waals surface area (Å²) in [4.78, 5) is 12.5. The van der Waals surface area contributed by atoms with E-state index in [0.29, 0.717) is 17.6 Å². The lowest BCUT2D eigenvalue weighted by Crippen LogP contribution is -2.46. The number of carbonyl (C=O) groups is 1. The maximum absolute atomic E-state index is 12.5. The van der Waals surface area contributed by atoms with Crippen molar-refractivity contribution < 1.29 is 9.21 Å². The molecule has 19 heavy (non-hydrogen) atoms. The van der Waals surface area contributed by atoms with E-state index in [4.69, 9.17) is 4.42 Å². The van der Waals surface area contributed by atoms with Gasteiger partial charge in [-0.2, -0.15) is 0 Å². The number of carbonyl (C=O) groups excluding carboxylic acids is 1. The second-order valence-corrected chi connectivity index (χ2v) is 7.97. The predicted molar refractivity (Wildman–Crippen MR) is 76.0 cm³/mol. The minimum atomic E-state index is 0.193. The summed E-state index contributed by atoms with van der Waals surface area (Å²) in [6.45, 7) is 0. The molecule has 4 aliphatic carbocycles. The van der Waals surface area contributed by atoms with Crippen molar-refractivity contribution in [1.82, 2.24) is 0 Å². The smallest absolute Gasteiger partial charge is 0.199 e. The van der Waals surface area contributed by atoms with E-state index in [-0.39, 0.29) is 5.78 Å². The van der Waals surface area contributed by atoms with Gasteiger partial charge in [0.25, 0.3) is 0 Å². The largest absolute Gasteiger partial charge is 0.460 e. The lowest BCUT2D eigenvalue weighted by Gasteiger charge is -2.56. The maximum Gasteiger partial charge on any atom is 0.199 e. The fraction of sp³-hybridized carbons (Fsp3) is 0.688. The first-order valence-electron chi connectivity index (χ1n) is 7.40. The highest BCUT2D eigenvalue weighted by Crippen LogP contribution is 2.61. The van der Waals surface area contributed by atoms with Gasteiger partial charge in [-0.1, -0.05) is 0 Å². The van der Waals surface area contributed by atoms with Crippen LogP contribution in [-0.4, -0.2) is 5.78 Å². The zero-order valence-electron chi connectivity index (χ0n) is 11.0. The van der Waals surface area contributed by atoms with Gasteiger partial charge in [0.1, 0.15) is 0 Å². The second kappa shape index (κ2) is 4.21. The van der Waals surface area contributed by atoms with E-state index < -0.39 is 0 Å². The molecule has 1 aromatic heterocycles. The maximum atomic E-state index is 12.5. The monoisotopic (exact) mass is 322 g/mol. The molecule has 0 saturated heterocycles. The summed E-state index contributed by atoms with van der Waals surface area (Å²) < 4.78 is 6.15. The van der Waals surface area contributed by atoms with Gasteiger partial charge in [0.15, 0.2) is 11.5 Å². The van der Waals surface area contributed by atoms with Gasteiger partial charge in [-0.05, 0) is 83.7 Å². The molecule has 102 valence electrons. The highest BCUT2D eigenvalue weighted by molar-refractivity contribution is 9.10. The van der Waals surface area contributed by atoms with Crippen LogP contribution in [0.5, 0.6) is 0 Å². The minimum absolute atomic E-state index is 0.193. The molecule has 4 aliphatic rings. The van der Waals surface area contributed by atoms with E-state index in [1.807, 2.05) is 6.07 Å². The molecule has 4 saturated carbocycles. The third-order valence-corrected chi connectivity index (χ3v) is 6.20. The van der Waals surface area contributed by atoms with Gasteiger partial charge in [-0.3, -0.25) is 4.79 Å². The molecule has 0 aromatic carbocycles. The molecular formula is C16H19BrO2. The third-order valence-electron chi connectivity index (χ3n) is 5.57. The Morgan fingerprint density at radius 3 is 2.26 bits per heavy atom. The Balaban J connectivity index is 1.56. The van der Waals surface area contributed by atoms with Crippen LogP contribution in [0.25, 0.3) is 0 Å². The molecule has 1 heterocycles. The summed E-state index contributed by atoms with van der Waals surface area (Å²) in [6.07, 6.45) is 10.4. The summed E-state index contributed by atoms with van der Waals surface area (Å²) in [5, 5.41) is 0. The number of rotatable bonds is 3. The van der Waals surface area contributed by atoms with Crippen molar-refractivity contribution in [2.45, 2.75) is 44.9 Å². The van der Waals surface area contributed by atoms with E-state index in [1.165, 1.54) is 38.5 Å². The van der Waals surface area contributed by atoms with Gasteiger partial charge in [-0.15, -0.1) is 0 Å². The standard InChI is InChI=1S/C16H19BrO2/c17-13-1-2-19-15(13)14(18)9-16-6-10-3-11(7-16)5-12(4-10)8-16/h1-2,10-12H,3-9H2. The van der Waals surface area contributed by atoms with Crippen LogP contribution in [0.1, 0.15) is 55.5 Å². The number of Topliss-reactive ketones (excluding diaryl/α,β-unsaturated/α-hetero) is 1. The van der Waals surface area contributed by atoms with Gasteiger partial charge >= 0.3 is 0 Å². The Kier molecular flexibility index (Phi) is 2.70. The van der Waals surface area contributed by atoms with Crippen molar-refractivity contribution in [3.8, 4) is 0 Å². The van der Waals surface area contributed by atoms with Crippen molar-refractivity contribution in [3.63, 3.8) is 0 Å². The van der Waals surface area contributed by atoms with Crippen LogP contribution in [-0.2, 0) is 0 Å². The zero-order chi connectivity index (χ0) is 13.0. The molecular weight excluding hydrogens is 304 g/mol. The Bertz CT molecular complexity index is 481. The molecule has 0 radical (unpaired) electrons. The molecule has 0 aliphatic heterocycles. The molecule has 5 rings (SSSR count). The van der Waals surface area contributed by atoms with Crippen molar-refractivity contribution in [1.29, 1.82) is 0 Å². The fourth-order valence-corrected chi connectivity index (χ4v) is 5.84. The quantitative estimate of drug-likeness (QED) is 0.746. The molecule has 0 atom stereocenters. The number of ketones is 1. The van der Waals surface area contributed by atoms with E-state index in [0.717, 1.165) is 22.2 Å². The molecule has 0 unspecified atom stereocenters. The summed E-state index contributed by atoms with van der Waals surface area (Å²) in [6, 6.07) is 1.81. The molecule has 1 aromatic rings. The topological polar surface area (TPSA) is 30.2 Å². The molecule has 4 bridgehead atoms. The Labute approximate surface area is 122 Å². The number of hydrogen-bond donors (Lipinski definition) is 0. The highest BCUT2D eigenvalue weighted by Gasteiger charge is 2.51. The zero-order valence-corrected chi connectivity index (χ0v) is 12.6. The summed E-state index contributed by atoms with van der Waals surface area (Å²) in [5.74, 6) is 3.42. The van der Waals surface area contributed by atoms with Crippen molar-refractivity contribution >= 4 is 21.7 Å². The first-order valence-corrected chi connectivity index (χ1v) is 8.19. The number of hydrogen-bond acceptors (Lipinski definition) is 2. The van der Waals surface area contributed by atoms with Gasteiger partial charge in [0, 0.05) is 6.42 Å². The Morgan fingerprint density at radius 1 is 1.21 bits per heavy atom. The first-order chi connectivity index (χ1) is 9.13. The summed E-state index contributed by atoms with van der Waals surface area (Å²) in [5.41, 5.74) is 0.304. The van der Waals surface area contributed by atoms with E-state index in [2.05, 4.69) is 15.9 Å². The van der Waals surface area contributed by atoms with Crippen molar-refractivity contribution in [3.05, 3.63) is 22.6 Å². The predicted octanol–water partition coefficient (Wildman–Crippen LogP) is 4.83. The van der Waals surface area contributed by atoms with Crippen molar-refractivity contribution in [2.24, 2.45) is 23.2 Å². The molecule has 0 N–H and O–H groups in total. The van der Waals surface area contributed by atoms with Gasteiger partial charge < -0.3 is 4.42 Å². The van der Waals surface area contributed by atoms with Crippen LogP contribution in [0.2, 0.25) is 0 Å². The van der Waals surface area contributed by atoms with E-state index >= 15 is 0 Å². The van der Waals surface area contributed by atoms with Crippen LogP contribution in [0.4, 0.5) is 0 Å². The SMILES string of the molecule is O=C(CC12CC3CC(CC(C3)C1)C2)c1occc1Br. The molecule has 3 heteroatoms. The van der Waals surface area contributed by atoms with Crippen LogP contribution in [0.15, 0.2) is 21.2 Å². The molecule has 0 amide bonds. The Hall–Kier alpha value is -0.570. The summed E-state index contributed by atoms with van der Waals surface area (Å²) >= 11 is 3.40. The molecule has 0 spiro atoms. The van der Waals surface area contributed by atoms with Gasteiger partial charge in [0.2, 0.25) is 0 Å². The van der Waals surface area contributed by atoms with Gasteiger partial charge in [-0.25, -0.2) is 0 Å². The minimum Gasteiger partial charge on any atom is -0.460 e. The Morgan fingerprint density at radius 2 is 1.79 bits per heavy atom. The molecule has 2 nitrogen and oxygen atoms in total. The third kappa shape index (κ3) is 2.01. The van der Waals surface area contributed by atoms with Crippen molar-refractivity contribution in [2.75, 3.05) is 0 Å². The van der Waals surface area contributed by atoms with Crippen LogP contribution in [0, 0.1) is 23.2 Å². The molecule has 4 fully saturated rings. The fourth-order valence-electron chi connectivity index (χ4n) is 5.42. The van der Waals surface area contributed by atoms with E-state index in [1.54, 1.807) is 6.26 Å². The van der Waals surface area contributed by atoms with Crippen LogP contribution >= 0.6 is 15.9 Å². The number of furan rings is 1. The number of halogens is 1. The second-order valence-electron chi connectivity index (χ2n) is 7.12.